The van der Waals surface area contributed by atoms with Gasteiger partial charge in [0.2, 0.25) is 0 Å². The smallest absolute Gasteiger partial charge is 0.417 e. The van der Waals surface area contributed by atoms with Crippen LogP contribution in [-0.2, 0) is 12.7 Å². The van der Waals surface area contributed by atoms with Crippen molar-refractivity contribution in [2.24, 2.45) is 0 Å². The summed E-state index contributed by atoms with van der Waals surface area (Å²) in [5, 5.41) is 9.84. The summed E-state index contributed by atoms with van der Waals surface area (Å²) >= 11 is 0. The quantitative estimate of drug-likeness (QED) is 0.781. The Labute approximate surface area is 130 Å². The number of aromatic hydroxyl groups is 1. The Bertz CT molecular complexity index is 824. The van der Waals surface area contributed by atoms with E-state index in [4.69, 9.17) is 0 Å². The highest BCUT2D eigenvalue weighted by Crippen LogP contribution is 2.36. The van der Waals surface area contributed by atoms with E-state index >= 15 is 0 Å². The van der Waals surface area contributed by atoms with Gasteiger partial charge in [0.15, 0.2) is 0 Å². The summed E-state index contributed by atoms with van der Waals surface area (Å²) < 4.78 is 41.1. The summed E-state index contributed by atoms with van der Waals surface area (Å²) in [5.41, 5.74) is -0.110. The molecule has 6 heteroatoms. The Morgan fingerprint density at radius 1 is 1.00 bits per heavy atom. The number of hydrogen-bond donors (Lipinski definition) is 1. The van der Waals surface area contributed by atoms with E-state index < -0.39 is 11.7 Å². The predicted molar refractivity (Wildman–Crippen MR) is 79.9 cm³/mol. The number of phenolic OH excluding ortho intramolecular Hbond substituents is 1. The van der Waals surface area contributed by atoms with Gasteiger partial charge in [-0.25, -0.2) is 4.98 Å². The molecule has 1 N–H and O–H groups in total. The van der Waals surface area contributed by atoms with Crippen LogP contribution < -0.4 is 0 Å². The molecular formula is C17H13F3N2O. The van der Waals surface area contributed by atoms with Crippen LogP contribution in [0, 0.1) is 0 Å². The van der Waals surface area contributed by atoms with Crippen molar-refractivity contribution in [1.82, 2.24) is 9.55 Å². The number of phenols is 1. The molecule has 0 unspecified atom stereocenters. The maximum atomic E-state index is 13.2. The molecule has 0 spiro atoms. The summed E-state index contributed by atoms with van der Waals surface area (Å²) in [7, 11) is 0. The predicted octanol–water partition coefficient (Wildman–Crippen LogP) is 4.32. The lowest BCUT2D eigenvalue weighted by Gasteiger charge is -2.14. The van der Waals surface area contributed by atoms with Gasteiger partial charge >= 0.3 is 6.18 Å². The molecule has 3 rings (SSSR count). The van der Waals surface area contributed by atoms with Crippen LogP contribution >= 0.6 is 0 Å². The third-order valence-corrected chi connectivity index (χ3v) is 3.52. The molecule has 0 saturated heterocycles. The van der Waals surface area contributed by atoms with E-state index in [0.717, 1.165) is 6.07 Å². The van der Waals surface area contributed by atoms with E-state index in [1.165, 1.54) is 24.4 Å². The number of rotatable bonds is 3. The largest absolute Gasteiger partial charge is 0.508 e. The second kappa shape index (κ2) is 5.79. The van der Waals surface area contributed by atoms with Gasteiger partial charge in [-0.15, -0.1) is 0 Å². The summed E-state index contributed by atoms with van der Waals surface area (Å²) in [4.78, 5) is 4.07. The van der Waals surface area contributed by atoms with Crippen molar-refractivity contribution in [2.75, 3.05) is 0 Å². The molecule has 2 aromatic carbocycles. The third kappa shape index (κ3) is 3.06. The molecule has 23 heavy (non-hydrogen) atoms. The number of nitrogens with zero attached hydrogens (tertiary/aromatic N) is 2. The first-order valence-electron chi connectivity index (χ1n) is 6.91. The highest BCUT2D eigenvalue weighted by Gasteiger charge is 2.34. The number of halogens is 3. The molecule has 1 aromatic heterocycles. The minimum absolute atomic E-state index is 0.0143. The fraction of sp³-hybridized carbons (Fsp3) is 0.118. The lowest BCUT2D eigenvalue weighted by molar-refractivity contribution is -0.137. The highest BCUT2D eigenvalue weighted by atomic mass is 19.4. The molecule has 118 valence electrons. The van der Waals surface area contributed by atoms with Gasteiger partial charge in [0, 0.05) is 23.5 Å². The van der Waals surface area contributed by atoms with Crippen molar-refractivity contribution in [3.63, 3.8) is 0 Å². The Morgan fingerprint density at radius 3 is 2.43 bits per heavy atom. The average Bonchev–Trinajstić information content (AvgIpc) is 2.97. The lowest BCUT2D eigenvalue weighted by Crippen LogP contribution is -2.09. The van der Waals surface area contributed by atoms with Gasteiger partial charge < -0.3 is 9.67 Å². The normalized spacial score (nSPS) is 11.6. The number of hydrogen-bond acceptors (Lipinski definition) is 2. The Balaban J connectivity index is 2.05. The number of imidazole rings is 1. The van der Waals surface area contributed by atoms with E-state index in [1.807, 2.05) is 0 Å². The molecule has 3 nitrogen and oxygen atoms in total. The zero-order valence-corrected chi connectivity index (χ0v) is 12.0. The fourth-order valence-electron chi connectivity index (χ4n) is 2.43. The maximum Gasteiger partial charge on any atom is 0.417 e. The summed E-state index contributed by atoms with van der Waals surface area (Å²) in [5.74, 6) is 0.303. The van der Waals surface area contributed by atoms with Crippen molar-refractivity contribution < 1.29 is 18.3 Å². The Morgan fingerprint density at radius 2 is 1.70 bits per heavy atom. The molecule has 0 radical (unpaired) electrons. The first kappa shape index (κ1) is 15.1. The van der Waals surface area contributed by atoms with Crippen molar-refractivity contribution >= 4 is 0 Å². The Hall–Kier alpha value is -2.76. The van der Waals surface area contributed by atoms with E-state index in [0.29, 0.717) is 5.56 Å². The standard InChI is InChI=1S/C17H13F3N2O/c18-17(19,20)14-7-3-2-6-13(14)16-21-9-10-22(16)11-12-5-1-4-8-15(12)23/h1-10,23H,11H2. The monoisotopic (exact) mass is 318 g/mol. The number of aromatic nitrogens is 2. The van der Waals surface area contributed by atoms with E-state index in [9.17, 15) is 18.3 Å². The summed E-state index contributed by atoms with van der Waals surface area (Å²) in [6.07, 6.45) is -1.42. The molecule has 0 aliphatic rings. The summed E-state index contributed by atoms with van der Waals surface area (Å²) in [6.45, 7) is 0.230. The third-order valence-electron chi connectivity index (χ3n) is 3.52. The van der Waals surface area contributed by atoms with E-state index in [2.05, 4.69) is 4.98 Å². The van der Waals surface area contributed by atoms with Gasteiger partial charge in [-0.05, 0) is 12.1 Å². The second-order valence-corrected chi connectivity index (χ2v) is 5.05. The average molecular weight is 318 g/mol. The molecule has 0 atom stereocenters. The van der Waals surface area contributed by atoms with Crippen LogP contribution in [0.3, 0.4) is 0 Å². The van der Waals surface area contributed by atoms with Crippen molar-refractivity contribution in [3.8, 4) is 17.1 Å². The fourth-order valence-corrected chi connectivity index (χ4v) is 2.43. The zero-order chi connectivity index (χ0) is 16.4. The van der Waals surface area contributed by atoms with Crippen molar-refractivity contribution in [1.29, 1.82) is 0 Å². The van der Waals surface area contributed by atoms with Gasteiger partial charge in [0.25, 0.3) is 0 Å². The van der Waals surface area contributed by atoms with Crippen molar-refractivity contribution in [3.05, 3.63) is 72.1 Å². The van der Waals surface area contributed by atoms with Crippen LogP contribution in [0.5, 0.6) is 5.75 Å². The minimum atomic E-state index is -4.46. The molecule has 1 heterocycles. The van der Waals surface area contributed by atoms with Crippen LogP contribution in [-0.4, -0.2) is 14.7 Å². The molecule has 0 aliphatic carbocycles. The number of alkyl halides is 3. The van der Waals surface area contributed by atoms with E-state index in [1.54, 1.807) is 35.0 Å². The topological polar surface area (TPSA) is 38.0 Å². The van der Waals surface area contributed by atoms with Gasteiger partial charge in [-0.3, -0.25) is 0 Å². The van der Waals surface area contributed by atoms with Crippen LogP contribution in [0.4, 0.5) is 13.2 Å². The zero-order valence-electron chi connectivity index (χ0n) is 12.0. The van der Waals surface area contributed by atoms with Gasteiger partial charge in [0.05, 0.1) is 12.1 Å². The van der Waals surface area contributed by atoms with Crippen LogP contribution in [0.25, 0.3) is 11.4 Å². The van der Waals surface area contributed by atoms with Gasteiger partial charge in [-0.2, -0.15) is 13.2 Å². The van der Waals surface area contributed by atoms with Crippen LogP contribution in [0.1, 0.15) is 11.1 Å². The van der Waals surface area contributed by atoms with Crippen LogP contribution in [0.2, 0.25) is 0 Å². The number of para-hydroxylation sites is 1. The Kier molecular flexibility index (Phi) is 3.82. The molecule has 3 aromatic rings. The number of benzene rings is 2. The lowest BCUT2D eigenvalue weighted by atomic mass is 10.1. The molecular weight excluding hydrogens is 305 g/mol. The maximum absolute atomic E-state index is 13.2. The van der Waals surface area contributed by atoms with E-state index in [-0.39, 0.29) is 23.7 Å². The summed E-state index contributed by atoms with van der Waals surface area (Å²) in [6, 6.07) is 12.0. The molecule has 0 amide bonds. The SMILES string of the molecule is Oc1ccccc1Cn1ccnc1-c1ccccc1C(F)(F)F. The molecule has 0 aliphatic heterocycles. The van der Waals surface area contributed by atoms with Crippen molar-refractivity contribution in [2.45, 2.75) is 12.7 Å². The molecule has 0 saturated carbocycles. The minimum Gasteiger partial charge on any atom is -0.508 e. The molecule has 0 fully saturated rings. The van der Waals surface area contributed by atoms with Gasteiger partial charge in [0.1, 0.15) is 11.6 Å². The first-order chi connectivity index (χ1) is 11.0. The molecule has 0 bridgehead atoms. The van der Waals surface area contributed by atoms with Gasteiger partial charge in [-0.1, -0.05) is 36.4 Å². The van der Waals surface area contributed by atoms with Crippen LogP contribution in [0.15, 0.2) is 60.9 Å². The first-order valence-corrected chi connectivity index (χ1v) is 6.91. The second-order valence-electron chi connectivity index (χ2n) is 5.05. The highest BCUT2D eigenvalue weighted by molar-refractivity contribution is 5.62.